The quantitative estimate of drug-likeness (QED) is 0.181. The minimum atomic E-state index is -0.115. The van der Waals surface area contributed by atoms with Crippen molar-refractivity contribution in [2.75, 3.05) is 0 Å². The van der Waals surface area contributed by atoms with E-state index in [1.165, 1.54) is 32.7 Å². The molecule has 3 aromatic heterocycles. The first-order valence-corrected chi connectivity index (χ1v) is 22.3. The van der Waals surface area contributed by atoms with Crippen LogP contribution < -0.4 is 0 Å². The molecule has 0 aliphatic heterocycles. The molecule has 4 heteroatoms. The maximum Gasteiger partial charge on any atom is 0.147 e. The third kappa shape index (κ3) is 6.87. The summed E-state index contributed by atoms with van der Waals surface area (Å²) in [6.45, 7) is 13.8. The first kappa shape index (κ1) is 39.3. The van der Waals surface area contributed by atoms with Gasteiger partial charge in [0, 0.05) is 44.6 Å². The number of hydrogen-bond acceptors (Lipinski definition) is 2. The number of H-pyrrole nitrogens is 1. The molecular formula is C60H50N4. The Hall–Kier alpha value is -7.56. The highest BCUT2D eigenvalue weighted by atomic mass is 15.1. The van der Waals surface area contributed by atoms with Crippen molar-refractivity contribution in [1.82, 2.24) is 19.5 Å². The van der Waals surface area contributed by atoms with Gasteiger partial charge in [-0.05, 0) is 122 Å². The normalized spacial score (nSPS) is 12.2. The molecule has 0 aliphatic carbocycles. The highest BCUT2D eigenvalue weighted by molar-refractivity contribution is 6.13. The summed E-state index contributed by atoms with van der Waals surface area (Å²) in [7, 11) is 0. The van der Waals surface area contributed by atoms with E-state index in [1.807, 2.05) is 6.20 Å². The van der Waals surface area contributed by atoms with E-state index in [0.29, 0.717) is 0 Å². The summed E-state index contributed by atoms with van der Waals surface area (Å²) in [4.78, 5) is 14.7. The standard InChI is InChI=1S/C60H50N4/c1-59(2,3)45-27-28-52-49(35-45)50-36-46(60(4,5)6)37-51(56(50)62-52)58-63-57-48(24-16-26-55(57)64(58)54-25-15-22-40-21-13-14-23-47(40)54)43-31-42(39-19-11-8-12-20-39)32-44(33-43)53-34-41(29-30-61-53)38-17-9-7-10-18-38/h7-37,62H,1-6H3. The van der Waals surface area contributed by atoms with E-state index in [-0.39, 0.29) is 10.8 Å². The van der Waals surface area contributed by atoms with Crippen LogP contribution in [-0.4, -0.2) is 19.5 Å². The molecule has 0 spiro atoms. The lowest BCUT2D eigenvalue weighted by atomic mass is 9.84. The fraction of sp³-hybridized carbons (Fsp3) is 0.133. The molecule has 0 unspecified atom stereocenters. The highest BCUT2D eigenvalue weighted by Crippen LogP contribution is 2.44. The van der Waals surface area contributed by atoms with Crippen LogP contribution in [-0.2, 0) is 10.8 Å². The largest absolute Gasteiger partial charge is 0.354 e. The second-order valence-corrected chi connectivity index (χ2v) is 19.2. The summed E-state index contributed by atoms with van der Waals surface area (Å²) < 4.78 is 2.40. The van der Waals surface area contributed by atoms with Crippen molar-refractivity contribution >= 4 is 43.6 Å². The second kappa shape index (κ2) is 15.1. The molecular weight excluding hydrogens is 777 g/mol. The molecule has 0 atom stereocenters. The SMILES string of the molecule is CC(C)(C)c1ccc2[nH]c3c(-c4nc5c(-c6cc(-c7ccccc7)cc(-c7cc(-c8ccccc8)ccn7)c6)cccc5n4-c4cccc5ccccc45)cc(C(C)(C)C)cc3c2c1. The third-order valence-electron chi connectivity index (χ3n) is 12.9. The number of aromatic amines is 1. The number of nitrogens with one attached hydrogen (secondary N) is 1. The first-order chi connectivity index (χ1) is 31.0. The minimum Gasteiger partial charge on any atom is -0.354 e. The number of hydrogen-bond donors (Lipinski definition) is 1. The molecule has 0 fully saturated rings. The van der Waals surface area contributed by atoms with Crippen LogP contribution in [0.1, 0.15) is 52.7 Å². The smallest absolute Gasteiger partial charge is 0.147 e. The molecule has 0 amide bonds. The van der Waals surface area contributed by atoms with Crippen LogP contribution in [0.3, 0.4) is 0 Å². The maximum absolute atomic E-state index is 5.83. The van der Waals surface area contributed by atoms with Gasteiger partial charge in [0.25, 0.3) is 0 Å². The number of nitrogens with zero attached hydrogens (tertiary/aromatic N) is 3. The van der Waals surface area contributed by atoms with Gasteiger partial charge in [-0.3, -0.25) is 9.55 Å². The monoisotopic (exact) mass is 826 g/mol. The van der Waals surface area contributed by atoms with Gasteiger partial charge in [0.1, 0.15) is 5.82 Å². The van der Waals surface area contributed by atoms with E-state index in [9.17, 15) is 0 Å². The van der Waals surface area contributed by atoms with Gasteiger partial charge in [-0.25, -0.2) is 4.98 Å². The lowest BCUT2D eigenvalue weighted by Crippen LogP contribution is -2.11. The summed E-state index contributed by atoms with van der Waals surface area (Å²) in [5, 5.41) is 4.80. The molecule has 11 aromatic rings. The Morgan fingerprint density at radius 2 is 1.11 bits per heavy atom. The number of imidazole rings is 1. The molecule has 0 radical (unpaired) electrons. The van der Waals surface area contributed by atoms with Crippen LogP contribution >= 0.6 is 0 Å². The molecule has 8 aromatic carbocycles. The van der Waals surface area contributed by atoms with Crippen molar-refractivity contribution < 1.29 is 0 Å². The molecule has 1 N–H and O–H groups in total. The molecule has 0 saturated carbocycles. The van der Waals surface area contributed by atoms with Gasteiger partial charge in [0.15, 0.2) is 0 Å². The number of benzene rings is 8. The van der Waals surface area contributed by atoms with E-state index in [2.05, 4.69) is 233 Å². The molecule has 4 nitrogen and oxygen atoms in total. The summed E-state index contributed by atoms with van der Waals surface area (Å²) in [5.41, 5.74) is 17.5. The van der Waals surface area contributed by atoms with E-state index < -0.39 is 0 Å². The van der Waals surface area contributed by atoms with Crippen LogP contribution in [0.4, 0.5) is 0 Å². The lowest BCUT2D eigenvalue weighted by Gasteiger charge is -2.21. The lowest BCUT2D eigenvalue weighted by molar-refractivity contribution is 0.590. The number of pyridine rings is 1. The van der Waals surface area contributed by atoms with Crippen LogP contribution in [0.5, 0.6) is 0 Å². The zero-order valence-corrected chi connectivity index (χ0v) is 37.2. The number of fused-ring (bicyclic) bond motifs is 5. The maximum atomic E-state index is 5.83. The Bertz CT molecular complexity index is 3550. The fourth-order valence-electron chi connectivity index (χ4n) is 9.36. The second-order valence-electron chi connectivity index (χ2n) is 19.2. The minimum absolute atomic E-state index is 0.0133. The van der Waals surface area contributed by atoms with Crippen LogP contribution in [0.15, 0.2) is 188 Å². The van der Waals surface area contributed by atoms with Gasteiger partial charge in [-0.15, -0.1) is 0 Å². The first-order valence-electron chi connectivity index (χ1n) is 22.3. The molecule has 0 aliphatic rings. The fourth-order valence-corrected chi connectivity index (χ4v) is 9.36. The van der Waals surface area contributed by atoms with Gasteiger partial charge in [-0.2, -0.15) is 0 Å². The van der Waals surface area contributed by atoms with Crippen LogP contribution in [0.2, 0.25) is 0 Å². The van der Waals surface area contributed by atoms with Crippen molar-refractivity contribution in [1.29, 1.82) is 0 Å². The topological polar surface area (TPSA) is 46.5 Å². The van der Waals surface area contributed by atoms with Crippen LogP contribution in [0, 0.1) is 0 Å². The average Bonchev–Trinajstić information content (AvgIpc) is 3.89. The number of para-hydroxylation sites is 1. The molecule has 3 heterocycles. The number of aromatic nitrogens is 4. The summed E-state index contributed by atoms with van der Waals surface area (Å²) in [5.74, 6) is 0.897. The van der Waals surface area contributed by atoms with E-state index in [0.717, 1.165) is 83.8 Å². The molecule has 11 rings (SSSR count). The average molecular weight is 827 g/mol. The number of rotatable bonds is 6. The van der Waals surface area contributed by atoms with Crippen molar-refractivity contribution in [3.8, 4) is 61.7 Å². The molecule has 0 bridgehead atoms. The Labute approximate surface area is 374 Å². The van der Waals surface area contributed by atoms with Gasteiger partial charge in [-0.1, -0.05) is 157 Å². The Morgan fingerprint density at radius 3 is 1.88 bits per heavy atom. The van der Waals surface area contributed by atoms with Crippen LogP contribution in [0.25, 0.3) is 105 Å². The predicted molar refractivity (Wildman–Crippen MR) is 270 cm³/mol. The highest BCUT2D eigenvalue weighted by Gasteiger charge is 2.26. The van der Waals surface area contributed by atoms with Crippen molar-refractivity contribution in [2.24, 2.45) is 0 Å². The Morgan fingerprint density at radius 1 is 0.453 bits per heavy atom. The van der Waals surface area contributed by atoms with Crippen molar-refractivity contribution in [2.45, 2.75) is 52.4 Å². The summed E-state index contributed by atoms with van der Waals surface area (Å²) in [6.07, 6.45) is 1.92. The predicted octanol–water partition coefficient (Wildman–Crippen LogP) is 16.1. The van der Waals surface area contributed by atoms with Gasteiger partial charge >= 0.3 is 0 Å². The van der Waals surface area contributed by atoms with Gasteiger partial charge in [0.05, 0.1) is 27.9 Å². The van der Waals surface area contributed by atoms with Gasteiger partial charge < -0.3 is 4.98 Å². The molecule has 310 valence electrons. The zero-order chi connectivity index (χ0) is 43.7. The summed E-state index contributed by atoms with van der Waals surface area (Å²) in [6, 6.07) is 66.0. The van der Waals surface area contributed by atoms with E-state index >= 15 is 0 Å². The van der Waals surface area contributed by atoms with E-state index in [1.54, 1.807) is 0 Å². The molecule has 64 heavy (non-hydrogen) atoms. The van der Waals surface area contributed by atoms with Gasteiger partial charge in [0.2, 0.25) is 0 Å². The summed E-state index contributed by atoms with van der Waals surface area (Å²) >= 11 is 0. The van der Waals surface area contributed by atoms with E-state index in [4.69, 9.17) is 9.97 Å². The van der Waals surface area contributed by atoms with Crippen molar-refractivity contribution in [3.05, 3.63) is 199 Å². The Kier molecular flexibility index (Phi) is 9.25. The third-order valence-corrected chi connectivity index (χ3v) is 12.9. The Balaban J connectivity index is 1.21. The molecule has 0 saturated heterocycles. The zero-order valence-electron chi connectivity index (χ0n) is 37.2. The van der Waals surface area contributed by atoms with Crippen molar-refractivity contribution in [3.63, 3.8) is 0 Å².